The highest BCUT2D eigenvalue weighted by Gasteiger charge is 2.27. The summed E-state index contributed by atoms with van der Waals surface area (Å²) < 4.78 is 5.40. The summed E-state index contributed by atoms with van der Waals surface area (Å²) in [6.45, 7) is 1.54. The van der Waals surface area contributed by atoms with Gasteiger partial charge in [-0.25, -0.2) is 4.79 Å². The molecule has 0 heterocycles. The predicted octanol–water partition coefficient (Wildman–Crippen LogP) is 2.89. The van der Waals surface area contributed by atoms with Crippen LogP contribution in [0.2, 0.25) is 0 Å². The molecule has 0 N–H and O–H groups in total. The molecule has 0 fully saturated rings. The Morgan fingerprint density at radius 3 is 2.28 bits per heavy atom. The van der Waals surface area contributed by atoms with E-state index < -0.39 is 17.0 Å². The molecule has 0 unspecified atom stereocenters. The number of hydrogen-bond donors (Lipinski definition) is 0. The van der Waals surface area contributed by atoms with Crippen LogP contribution in [0.3, 0.4) is 0 Å². The normalized spacial score (nSPS) is 11.5. The molecule has 130 valence electrons. The minimum absolute atomic E-state index is 0.0828. The molecule has 0 aromatic heterocycles. The Kier molecular flexibility index (Phi) is 5.49. The first-order chi connectivity index (χ1) is 11.8. The molecule has 1 atom stereocenters. The Labute approximate surface area is 145 Å². The summed E-state index contributed by atoms with van der Waals surface area (Å²) in [7, 11) is 3.14. The molecule has 25 heavy (non-hydrogen) atoms. The maximum Gasteiger partial charge on any atom is 0.339 e. The molecular formula is C18H18N2O5. The number of aryl methyl sites for hydroxylation is 1. The van der Waals surface area contributed by atoms with Crippen LogP contribution in [0.4, 0.5) is 5.69 Å². The van der Waals surface area contributed by atoms with E-state index in [9.17, 15) is 19.7 Å². The quantitative estimate of drug-likeness (QED) is 0.473. The van der Waals surface area contributed by atoms with E-state index in [0.717, 1.165) is 0 Å². The van der Waals surface area contributed by atoms with E-state index >= 15 is 0 Å². The largest absolute Gasteiger partial charge is 0.444 e. The van der Waals surface area contributed by atoms with E-state index in [2.05, 4.69) is 0 Å². The lowest BCUT2D eigenvalue weighted by atomic mass is 10.1. The summed E-state index contributed by atoms with van der Waals surface area (Å²) in [5.74, 6) is -1.10. The van der Waals surface area contributed by atoms with Crippen molar-refractivity contribution in [2.75, 3.05) is 14.1 Å². The zero-order chi connectivity index (χ0) is 18.6. The number of likely N-dealkylation sites (N-methyl/N-ethyl adjacent to an activating group) is 1. The highest BCUT2D eigenvalue weighted by Crippen LogP contribution is 2.23. The lowest BCUT2D eigenvalue weighted by Crippen LogP contribution is -2.31. The SMILES string of the molecule is Cc1cc(C(=O)O[C@@H](C(=O)N(C)C)c2ccccc2)ccc1[N+](=O)[O-]. The highest BCUT2D eigenvalue weighted by atomic mass is 16.6. The molecule has 2 rings (SSSR count). The van der Waals surface area contributed by atoms with Crippen molar-refractivity contribution in [2.24, 2.45) is 0 Å². The van der Waals surface area contributed by atoms with Crippen LogP contribution in [0.5, 0.6) is 0 Å². The predicted molar refractivity (Wildman–Crippen MR) is 91.1 cm³/mol. The molecule has 1 amide bonds. The number of nitro benzene ring substituents is 1. The number of nitro groups is 1. The van der Waals surface area contributed by atoms with Crippen molar-refractivity contribution in [1.29, 1.82) is 0 Å². The number of ether oxygens (including phenoxy) is 1. The van der Waals surface area contributed by atoms with Gasteiger partial charge in [-0.2, -0.15) is 0 Å². The van der Waals surface area contributed by atoms with Crippen molar-refractivity contribution in [3.05, 3.63) is 75.3 Å². The monoisotopic (exact) mass is 342 g/mol. The van der Waals surface area contributed by atoms with E-state index in [0.29, 0.717) is 11.1 Å². The van der Waals surface area contributed by atoms with Crippen LogP contribution in [0.25, 0.3) is 0 Å². The molecule has 0 aliphatic heterocycles. The molecule has 0 radical (unpaired) electrons. The molecule has 0 bridgehead atoms. The third-order valence-electron chi connectivity index (χ3n) is 3.62. The third-order valence-corrected chi connectivity index (χ3v) is 3.62. The van der Waals surface area contributed by atoms with Crippen LogP contribution >= 0.6 is 0 Å². The average Bonchev–Trinajstić information content (AvgIpc) is 2.59. The second-order valence-electron chi connectivity index (χ2n) is 5.69. The zero-order valence-corrected chi connectivity index (χ0v) is 14.1. The van der Waals surface area contributed by atoms with Crippen LogP contribution in [0.15, 0.2) is 48.5 Å². The molecule has 0 aliphatic carbocycles. The van der Waals surface area contributed by atoms with Gasteiger partial charge in [0.15, 0.2) is 0 Å². The third kappa shape index (κ3) is 4.20. The van der Waals surface area contributed by atoms with Gasteiger partial charge in [-0.1, -0.05) is 30.3 Å². The number of amides is 1. The first kappa shape index (κ1) is 18.1. The van der Waals surface area contributed by atoms with Gasteiger partial charge < -0.3 is 9.64 Å². The van der Waals surface area contributed by atoms with Gasteiger partial charge in [-0.15, -0.1) is 0 Å². The average molecular weight is 342 g/mol. The first-order valence-electron chi connectivity index (χ1n) is 7.53. The zero-order valence-electron chi connectivity index (χ0n) is 14.1. The summed E-state index contributed by atoms with van der Waals surface area (Å²) in [6, 6.07) is 12.6. The second kappa shape index (κ2) is 7.57. The van der Waals surface area contributed by atoms with Gasteiger partial charge in [0.05, 0.1) is 10.5 Å². The molecule has 2 aromatic carbocycles. The summed E-state index contributed by atoms with van der Waals surface area (Å²) in [5.41, 5.74) is 0.957. The van der Waals surface area contributed by atoms with Crippen LogP contribution in [0, 0.1) is 17.0 Å². The lowest BCUT2D eigenvalue weighted by Gasteiger charge is -2.21. The molecule has 0 saturated heterocycles. The van der Waals surface area contributed by atoms with Crippen LogP contribution in [0.1, 0.15) is 27.6 Å². The summed E-state index contributed by atoms with van der Waals surface area (Å²) in [5, 5.41) is 10.9. The van der Waals surface area contributed by atoms with Gasteiger partial charge in [0.1, 0.15) is 0 Å². The fourth-order valence-electron chi connectivity index (χ4n) is 2.29. The van der Waals surface area contributed by atoms with Crippen molar-refractivity contribution in [1.82, 2.24) is 4.90 Å². The smallest absolute Gasteiger partial charge is 0.339 e. The van der Waals surface area contributed by atoms with Gasteiger partial charge in [0.2, 0.25) is 6.10 Å². The lowest BCUT2D eigenvalue weighted by molar-refractivity contribution is -0.385. The van der Waals surface area contributed by atoms with E-state index in [-0.39, 0.29) is 17.2 Å². The Bertz CT molecular complexity index is 802. The van der Waals surface area contributed by atoms with Gasteiger partial charge in [0, 0.05) is 31.3 Å². The highest BCUT2D eigenvalue weighted by molar-refractivity contribution is 5.93. The number of esters is 1. The Morgan fingerprint density at radius 1 is 1.12 bits per heavy atom. The molecule has 7 nitrogen and oxygen atoms in total. The molecule has 7 heteroatoms. The summed E-state index contributed by atoms with van der Waals surface area (Å²) in [4.78, 5) is 36.5. The van der Waals surface area contributed by atoms with Gasteiger partial charge >= 0.3 is 5.97 Å². The Hall–Kier alpha value is -3.22. The van der Waals surface area contributed by atoms with Gasteiger partial charge in [-0.05, 0) is 19.1 Å². The molecule has 0 aliphatic rings. The van der Waals surface area contributed by atoms with Crippen LogP contribution < -0.4 is 0 Å². The second-order valence-corrected chi connectivity index (χ2v) is 5.69. The van der Waals surface area contributed by atoms with Crippen molar-refractivity contribution in [3.8, 4) is 0 Å². The number of nitrogens with zero attached hydrogens (tertiary/aromatic N) is 2. The minimum atomic E-state index is -1.08. The molecule has 2 aromatic rings. The fourth-order valence-corrected chi connectivity index (χ4v) is 2.29. The fraction of sp³-hybridized carbons (Fsp3) is 0.222. The maximum atomic E-state index is 12.4. The van der Waals surface area contributed by atoms with Crippen molar-refractivity contribution >= 4 is 17.6 Å². The van der Waals surface area contributed by atoms with Crippen molar-refractivity contribution < 1.29 is 19.2 Å². The minimum Gasteiger partial charge on any atom is -0.444 e. The number of hydrogen-bond acceptors (Lipinski definition) is 5. The van der Waals surface area contributed by atoms with Crippen LogP contribution in [-0.2, 0) is 9.53 Å². The van der Waals surface area contributed by atoms with E-state index in [1.807, 2.05) is 0 Å². The van der Waals surface area contributed by atoms with Crippen molar-refractivity contribution in [2.45, 2.75) is 13.0 Å². The first-order valence-corrected chi connectivity index (χ1v) is 7.53. The summed E-state index contributed by atoms with van der Waals surface area (Å²) >= 11 is 0. The Balaban J connectivity index is 2.30. The standard InChI is InChI=1S/C18H18N2O5/c1-12-11-14(9-10-15(12)20(23)24)18(22)25-16(17(21)19(2)3)13-7-5-4-6-8-13/h4-11,16H,1-3H3/t16-/m1/s1. The molecule has 0 spiro atoms. The molecular weight excluding hydrogens is 324 g/mol. The van der Waals surface area contributed by atoms with E-state index in [1.165, 1.54) is 30.0 Å². The van der Waals surface area contributed by atoms with Crippen LogP contribution in [-0.4, -0.2) is 35.8 Å². The maximum absolute atomic E-state index is 12.4. The number of carbonyl (C=O) groups is 2. The number of benzene rings is 2. The van der Waals surface area contributed by atoms with E-state index in [4.69, 9.17) is 4.74 Å². The van der Waals surface area contributed by atoms with E-state index in [1.54, 1.807) is 44.4 Å². The Morgan fingerprint density at radius 2 is 1.76 bits per heavy atom. The van der Waals surface area contributed by atoms with Gasteiger partial charge in [0.25, 0.3) is 11.6 Å². The number of rotatable bonds is 5. The summed E-state index contributed by atoms with van der Waals surface area (Å²) in [6.07, 6.45) is -1.08. The molecule has 0 saturated carbocycles. The topological polar surface area (TPSA) is 89.8 Å². The number of carbonyl (C=O) groups excluding carboxylic acids is 2. The van der Waals surface area contributed by atoms with Crippen molar-refractivity contribution in [3.63, 3.8) is 0 Å². The van der Waals surface area contributed by atoms with Gasteiger partial charge in [-0.3, -0.25) is 14.9 Å².